The Hall–Kier alpha value is -2.64. The van der Waals surface area contributed by atoms with Crippen LogP contribution in [0.15, 0.2) is 76.1 Å². The number of benzene rings is 3. The summed E-state index contributed by atoms with van der Waals surface area (Å²) in [6.07, 6.45) is 3.51. The summed E-state index contributed by atoms with van der Waals surface area (Å²) in [5.41, 5.74) is 4.97. The van der Waals surface area contributed by atoms with Crippen LogP contribution in [-0.4, -0.2) is 26.9 Å². The second-order valence-electron chi connectivity index (χ2n) is 9.04. The molecule has 3 aromatic carbocycles. The molecule has 7 heteroatoms. The lowest BCUT2D eigenvalue weighted by molar-refractivity contribution is -0.118. The van der Waals surface area contributed by atoms with E-state index >= 15 is 0 Å². The number of amides is 1. The largest absolute Gasteiger partial charge is 0.309 e. The van der Waals surface area contributed by atoms with Crippen LogP contribution in [0.5, 0.6) is 0 Å². The van der Waals surface area contributed by atoms with Crippen LogP contribution in [0.3, 0.4) is 0 Å². The predicted octanol–water partition coefficient (Wildman–Crippen LogP) is 5.50. The van der Waals surface area contributed by atoms with E-state index in [1.54, 1.807) is 12.1 Å². The number of rotatable bonds is 5. The molecule has 0 saturated carbocycles. The SMILES string of the molecule is C[C@H]1Cc2cc(Br)ccc2N1C(=O)CCc1ccc(S(=O)(=O)N2CCCc3ccccc32)cc1. The third kappa shape index (κ3) is 4.27. The van der Waals surface area contributed by atoms with Gasteiger partial charge in [-0.3, -0.25) is 9.10 Å². The van der Waals surface area contributed by atoms with Crippen molar-refractivity contribution in [3.8, 4) is 0 Å². The molecule has 2 heterocycles. The zero-order chi connectivity index (χ0) is 23.9. The van der Waals surface area contributed by atoms with Crippen LogP contribution >= 0.6 is 15.9 Å². The van der Waals surface area contributed by atoms with Gasteiger partial charge in [-0.25, -0.2) is 8.42 Å². The Morgan fingerprint density at radius 1 is 1.00 bits per heavy atom. The molecule has 2 aliphatic rings. The highest BCUT2D eigenvalue weighted by molar-refractivity contribution is 9.10. The van der Waals surface area contributed by atoms with Gasteiger partial charge in [0.2, 0.25) is 5.91 Å². The smallest absolute Gasteiger partial charge is 0.264 e. The zero-order valence-electron chi connectivity index (χ0n) is 19.1. The summed E-state index contributed by atoms with van der Waals surface area (Å²) in [7, 11) is -3.63. The van der Waals surface area contributed by atoms with Gasteiger partial charge in [0, 0.05) is 29.2 Å². The summed E-state index contributed by atoms with van der Waals surface area (Å²) in [6, 6.07) is 20.9. The molecule has 0 fully saturated rings. The molecule has 3 aromatic rings. The van der Waals surface area contributed by atoms with Crippen LogP contribution in [0.25, 0.3) is 0 Å². The molecule has 5 nitrogen and oxygen atoms in total. The van der Waals surface area contributed by atoms with Crippen LogP contribution in [0.2, 0.25) is 0 Å². The summed E-state index contributed by atoms with van der Waals surface area (Å²) >= 11 is 3.51. The van der Waals surface area contributed by atoms with E-state index in [0.717, 1.165) is 46.2 Å². The Balaban J connectivity index is 1.28. The number of carbonyl (C=O) groups is 1. The molecule has 0 unspecified atom stereocenters. The molecule has 0 spiro atoms. The van der Waals surface area contributed by atoms with E-state index in [0.29, 0.717) is 19.4 Å². The molecule has 0 N–H and O–H groups in total. The van der Waals surface area contributed by atoms with Crippen molar-refractivity contribution in [2.45, 2.75) is 50.0 Å². The second-order valence-corrected chi connectivity index (χ2v) is 11.8. The Labute approximate surface area is 209 Å². The van der Waals surface area contributed by atoms with Gasteiger partial charge in [-0.2, -0.15) is 0 Å². The molecule has 176 valence electrons. The predicted molar refractivity (Wildman–Crippen MR) is 139 cm³/mol. The second kappa shape index (κ2) is 9.19. The first-order valence-corrected chi connectivity index (χ1v) is 13.9. The van der Waals surface area contributed by atoms with Crippen molar-refractivity contribution in [2.24, 2.45) is 0 Å². The molecule has 0 aliphatic carbocycles. The summed E-state index contributed by atoms with van der Waals surface area (Å²) in [5, 5.41) is 0. The number of hydrogen-bond acceptors (Lipinski definition) is 3. The molecule has 34 heavy (non-hydrogen) atoms. The molecule has 1 amide bonds. The van der Waals surface area contributed by atoms with Gasteiger partial charge in [0.1, 0.15) is 0 Å². The van der Waals surface area contributed by atoms with E-state index in [4.69, 9.17) is 0 Å². The maximum absolute atomic E-state index is 13.3. The van der Waals surface area contributed by atoms with Crippen LogP contribution in [0.1, 0.15) is 36.5 Å². The minimum Gasteiger partial charge on any atom is -0.309 e. The van der Waals surface area contributed by atoms with Crippen LogP contribution in [-0.2, 0) is 34.1 Å². The van der Waals surface area contributed by atoms with Gasteiger partial charge in [0.15, 0.2) is 0 Å². The first kappa shape index (κ1) is 23.1. The minimum absolute atomic E-state index is 0.0928. The fourth-order valence-electron chi connectivity index (χ4n) is 5.06. The Kier molecular flexibility index (Phi) is 6.25. The van der Waals surface area contributed by atoms with Crippen molar-refractivity contribution in [1.29, 1.82) is 0 Å². The average molecular weight is 539 g/mol. The van der Waals surface area contributed by atoms with E-state index in [9.17, 15) is 13.2 Å². The topological polar surface area (TPSA) is 57.7 Å². The molecule has 1 atom stereocenters. The van der Waals surface area contributed by atoms with Gasteiger partial charge >= 0.3 is 0 Å². The number of carbonyl (C=O) groups excluding carboxylic acids is 1. The first-order valence-electron chi connectivity index (χ1n) is 11.6. The van der Waals surface area contributed by atoms with Crippen molar-refractivity contribution in [2.75, 3.05) is 15.7 Å². The van der Waals surface area contributed by atoms with E-state index in [1.807, 2.05) is 53.4 Å². The number of fused-ring (bicyclic) bond motifs is 2. The highest BCUT2D eigenvalue weighted by Gasteiger charge is 2.31. The molecule has 5 rings (SSSR count). The van der Waals surface area contributed by atoms with Gasteiger partial charge in [0.25, 0.3) is 10.0 Å². The van der Waals surface area contributed by atoms with Gasteiger partial charge in [0.05, 0.1) is 10.6 Å². The van der Waals surface area contributed by atoms with Crippen LogP contribution < -0.4 is 9.21 Å². The Morgan fingerprint density at radius 2 is 1.76 bits per heavy atom. The van der Waals surface area contributed by atoms with E-state index in [2.05, 4.69) is 28.9 Å². The number of aryl methyl sites for hydroxylation is 2. The van der Waals surface area contributed by atoms with Gasteiger partial charge in [-0.05, 0) is 85.7 Å². The van der Waals surface area contributed by atoms with E-state index in [1.165, 1.54) is 9.87 Å². The number of para-hydroxylation sites is 1. The monoisotopic (exact) mass is 538 g/mol. The number of nitrogens with zero attached hydrogens (tertiary/aromatic N) is 2. The van der Waals surface area contributed by atoms with Gasteiger partial charge in [-0.15, -0.1) is 0 Å². The van der Waals surface area contributed by atoms with Crippen LogP contribution in [0, 0.1) is 0 Å². The molecule has 0 radical (unpaired) electrons. The number of halogens is 1. The molecular weight excluding hydrogens is 512 g/mol. The normalized spacial score (nSPS) is 17.4. The molecular formula is C27H27BrN2O3S. The summed E-state index contributed by atoms with van der Waals surface area (Å²) in [6.45, 7) is 2.56. The molecule has 2 aliphatic heterocycles. The third-order valence-corrected chi connectivity index (χ3v) is 9.05. The highest BCUT2D eigenvalue weighted by Crippen LogP contribution is 2.35. The summed E-state index contributed by atoms with van der Waals surface area (Å²) in [5.74, 6) is 0.0928. The lowest BCUT2D eigenvalue weighted by Gasteiger charge is -2.30. The van der Waals surface area contributed by atoms with Crippen molar-refractivity contribution in [1.82, 2.24) is 0 Å². The first-order chi connectivity index (χ1) is 16.3. The van der Waals surface area contributed by atoms with Crippen molar-refractivity contribution >= 4 is 43.2 Å². The van der Waals surface area contributed by atoms with Crippen molar-refractivity contribution in [3.63, 3.8) is 0 Å². The lowest BCUT2D eigenvalue weighted by Crippen LogP contribution is -2.36. The zero-order valence-corrected chi connectivity index (χ0v) is 21.5. The fraction of sp³-hybridized carbons (Fsp3) is 0.296. The minimum atomic E-state index is -3.63. The van der Waals surface area contributed by atoms with Gasteiger partial charge in [-0.1, -0.05) is 46.3 Å². The average Bonchev–Trinajstić information content (AvgIpc) is 3.17. The highest BCUT2D eigenvalue weighted by atomic mass is 79.9. The Morgan fingerprint density at radius 3 is 2.56 bits per heavy atom. The maximum Gasteiger partial charge on any atom is 0.264 e. The molecule has 0 bridgehead atoms. The number of sulfonamides is 1. The Bertz CT molecular complexity index is 1340. The number of anilines is 2. The summed E-state index contributed by atoms with van der Waals surface area (Å²) in [4.78, 5) is 15.2. The number of hydrogen-bond donors (Lipinski definition) is 0. The maximum atomic E-state index is 13.3. The van der Waals surface area contributed by atoms with Crippen LogP contribution in [0.4, 0.5) is 11.4 Å². The third-order valence-electron chi connectivity index (χ3n) is 6.73. The lowest BCUT2D eigenvalue weighted by atomic mass is 10.0. The van der Waals surface area contributed by atoms with Gasteiger partial charge < -0.3 is 4.90 Å². The molecule has 0 aromatic heterocycles. The van der Waals surface area contributed by atoms with Crippen molar-refractivity contribution in [3.05, 3.63) is 87.9 Å². The standard InChI is InChI=1S/C27H27BrN2O3S/c1-19-17-22-18-23(28)11-14-26(22)30(19)27(31)15-10-20-8-12-24(13-9-20)34(32,33)29-16-4-6-21-5-2-3-7-25(21)29/h2-3,5,7-9,11-14,18-19H,4,6,10,15-17H2,1H3/t19-/m0/s1. The van der Waals surface area contributed by atoms with E-state index < -0.39 is 10.0 Å². The molecule has 0 saturated heterocycles. The summed E-state index contributed by atoms with van der Waals surface area (Å²) < 4.78 is 29.2. The van der Waals surface area contributed by atoms with Crippen molar-refractivity contribution < 1.29 is 13.2 Å². The fourth-order valence-corrected chi connectivity index (χ4v) is 7.01. The quantitative estimate of drug-likeness (QED) is 0.430. The van der Waals surface area contributed by atoms with E-state index in [-0.39, 0.29) is 16.8 Å².